The molecule has 1 amide bonds. The van der Waals surface area contributed by atoms with E-state index in [1.165, 1.54) is 12.4 Å². The maximum absolute atomic E-state index is 13.0. The first-order valence-corrected chi connectivity index (χ1v) is 11.6. The summed E-state index contributed by atoms with van der Waals surface area (Å²) in [4.78, 5) is 24.2. The van der Waals surface area contributed by atoms with Gasteiger partial charge in [-0.05, 0) is 48.2 Å². The number of amides is 1. The number of fused-ring (bicyclic) bond motifs is 2. The van der Waals surface area contributed by atoms with Crippen molar-refractivity contribution in [1.82, 2.24) is 15.3 Å². The Morgan fingerprint density at radius 1 is 1.35 bits per heavy atom. The van der Waals surface area contributed by atoms with Crippen LogP contribution < -0.4 is 10.2 Å². The molecule has 1 aliphatic heterocycles. The van der Waals surface area contributed by atoms with Gasteiger partial charge in [-0.25, -0.2) is 9.97 Å². The van der Waals surface area contributed by atoms with Gasteiger partial charge in [0.2, 0.25) is 0 Å². The van der Waals surface area contributed by atoms with Gasteiger partial charge in [-0.3, -0.25) is 4.79 Å². The summed E-state index contributed by atoms with van der Waals surface area (Å²) in [6.07, 6.45) is -0.774. The molecule has 3 aromatic rings. The highest BCUT2D eigenvalue weighted by atomic mass is 32.1. The third-order valence-electron chi connectivity index (χ3n) is 6.25. The Kier molecular flexibility index (Phi) is 5.52. The minimum atomic E-state index is -4.28. The standard InChI is InChI=1S/C24H20F3N5OS/c1-13-18(3-2-15-6-14(10-28)7-19(13)15)22(33)31-16-4-5-32(11-16)21-20-8-17(9-24(25,26)27)34-23(20)30-12-29-21/h2-3,7-8,12,16H,4-6,9,11H2,1H3,(H,31,33). The van der Waals surface area contributed by atoms with Crippen molar-refractivity contribution in [2.24, 2.45) is 0 Å². The van der Waals surface area contributed by atoms with Gasteiger partial charge in [-0.1, -0.05) is 6.07 Å². The summed E-state index contributed by atoms with van der Waals surface area (Å²) in [5.74, 6) is 0.413. The van der Waals surface area contributed by atoms with Crippen molar-refractivity contribution in [3.63, 3.8) is 0 Å². The van der Waals surface area contributed by atoms with Crippen LogP contribution in [-0.2, 0) is 12.8 Å². The Morgan fingerprint density at radius 3 is 2.94 bits per heavy atom. The highest BCUT2D eigenvalue weighted by Gasteiger charge is 2.31. The highest BCUT2D eigenvalue weighted by Crippen LogP contribution is 2.35. The Labute approximate surface area is 197 Å². The molecule has 0 bridgehead atoms. The number of nitriles is 1. The molecule has 1 N–H and O–H groups in total. The average Bonchev–Trinajstić information content (AvgIpc) is 3.49. The second-order valence-electron chi connectivity index (χ2n) is 8.59. The van der Waals surface area contributed by atoms with Gasteiger partial charge in [0.15, 0.2) is 0 Å². The first-order chi connectivity index (χ1) is 16.2. The van der Waals surface area contributed by atoms with E-state index in [9.17, 15) is 23.2 Å². The second-order valence-corrected chi connectivity index (χ2v) is 9.71. The zero-order valence-electron chi connectivity index (χ0n) is 18.2. The molecular formula is C24H20F3N5OS. The average molecular weight is 484 g/mol. The Balaban J connectivity index is 1.31. The number of carbonyl (C=O) groups is 1. The van der Waals surface area contributed by atoms with Gasteiger partial charge in [0, 0.05) is 41.6 Å². The molecule has 1 saturated heterocycles. The van der Waals surface area contributed by atoms with E-state index in [2.05, 4.69) is 21.4 Å². The lowest BCUT2D eigenvalue weighted by molar-refractivity contribution is -0.126. The number of rotatable bonds is 4. The fourth-order valence-corrected chi connectivity index (χ4v) is 5.67. The van der Waals surface area contributed by atoms with Gasteiger partial charge < -0.3 is 10.2 Å². The summed E-state index contributed by atoms with van der Waals surface area (Å²) in [5, 5.41) is 12.9. The first kappa shape index (κ1) is 22.3. The maximum atomic E-state index is 13.0. The van der Waals surface area contributed by atoms with Crippen LogP contribution in [-0.4, -0.2) is 41.2 Å². The van der Waals surface area contributed by atoms with E-state index < -0.39 is 12.6 Å². The van der Waals surface area contributed by atoms with Crippen LogP contribution in [0.5, 0.6) is 0 Å². The molecule has 34 heavy (non-hydrogen) atoms. The largest absolute Gasteiger partial charge is 0.393 e. The molecule has 5 rings (SSSR count). The molecule has 6 nitrogen and oxygen atoms in total. The first-order valence-electron chi connectivity index (χ1n) is 10.8. The van der Waals surface area contributed by atoms with Crippen LogP contribution in [0.4, 0.5) is 19.0 Å². The number of hydrogen-bond donors (Lipinski definition) is 1. The second kappa shape index (κ2) is 8.40. The number of halogens is 3. The number of hydrogen-bond acceptors (Lipinski definition) is 6. The number of nitrogens with zero attached hydrogens (tertiary/aromatic N) is 4. The molecule has 1 aliphatic carbocycles. The van der Waals surface area contributed by atoms with E-state index in [1.54, 1.807) is 6.07 Å². The van der Waals surface area contributed by atoms with Crippen molar-refractivity contribution < 1.29 is 18.0 Å². The number of anilines is 1. The molecule has 0 saturated carbocycles. The summed E-state index contributed by atoms with van der Waals surface area (Å²) in [5.41, 5.74) is 4.10. The van der Waals surface area contributed by atoms with Crippen molar-refractivity contribution in [1.29, 1.82) is 5.26 Å². The molecule has 174 valence electrons. The van der Waals surface area contributed by atoms with Gasteiger partial charge in [-0.2, -0.15) is 18.4 Å². The fraction of sp³-hybridized carbons (Fsp3) is 0.333. The molecule has 1 atom stereocenters. The molecule has 1 unspecified atom stereocenters. The summed E-state index contributed by atoms with van der Waals surface area (Å²) < 4.78 is 38.5. The molecule has 2 aromatic heterocycles. The van der Waals surface area contributed by atoms with E-state index in [0.29, 0.717) is 53.1 Å². The lowest BCUT2D eigenvalue weighted by atomic mass is 9.98. The number of nitrogens with one attached hydrogen (secondary N) is 1. The zero-order valence-corrected chi connectivity index (χ0v) is 19.1. The van der Waals surface area contributed by atoms with Crippen LogP contribution in [0.3, 0.4) is 0 Å². The lowest BCUT2D eigenvalue weighted by Gasteiger charge is -2.19. The molecule has 10 heteroatoms. The van der Waals surface area contributed by atoms with E-state index >= 15 is 0 Å². The van der Waals surface area contributed by atoms with Crippen LogP contribution in [0.2, 0.25) is 0 Å². The molecule has 1 aromatic carbocycles. The van der Waals surface area contributed by atoms with Gasteiger partial charge in [-0.15, -0.1) is 11.3 Å². The van der Waals surface area contributed by atoms with Crippen LogP contribution in [0, 0.1) is 18.3 Å². The third-order valence-corrected chi connectivity index (χ3v) is 7.29. The Bertz CT molecular complexity index is 1370. The van der Waals surface area contributed by atoms with Crippen molar-refractivity contribution in [3.8, 4) is 6.07 Å². The molecule has 0 spiro atoms. The summed E-state index contributed by atoms with van der Waals surface area (Å²) in [7, 11) is 0. The van der Waals surface area contributed by atoms with E-state index in [0.717, 1.165) is 28.0 Å². The van der Waals surface area contributed by atoms with E-state index in [-0.39, 0.29) is 16.8 Å². The van der Waals surface area contributed by atoms with E-state index in [4.69, 9.17) is 0 Å². The van der Waals surface area contributed by atoms with Gasteiger partial charge in [0.25, 0.3) is 5.91 Å². The monoisotopic (exact) mass is 483 g/mol. The zero-order chi connectivity index (χ0) is 24.0. The molecule has 2 aliphatic rings. The lowest BCUT2D eigenvalue weighted by Crippen LogP contribution is -2.37. The fourth-order valence-electron chi connectivity index (χ4n) is 4.65. The minimum absolute atomic E-state index is 0.122. The number of alkyl halides is 3. The summed E-state index contributed by atoms with van der Waals surface area (Å²) >= 11 is 1.03. The molecule has 0 radical (unpaired) electrons. The van der Waals surface area contributed by atoms with E-state index in [1.807, 2.05) is 24.0 Å². The predicted molar refractivity (Wildman–Crippen MR) is 124 cm³/mol. The number of benzene rings is 1. The number of carbonyl (C=O) groups excluding carboxylic acids is 1. The van der Waals surface area contributed by atoms with Crippen LogP contribution >= 0.6 is 11.3 Å². The van der Waals surface area contributed by atoms with Gasteiger partial charge in [0.05, 0.1) is 17.9 Å². The normalized spacial score (nSPS) is 17.6. The SMILES string of the molecule is Cc1c(C(=O)NC2CCN(c3ncnc4sc(CC(F)(F)F)cc34)C2)ccc2c1C=C(C#N)C2. The minimum Gasteiger partial charge on any atom is -0.354 e. The van der Waals surface area contributed by atoms with Gasteiger partial charge in [0.1, 0.15) is 17.0 Å². The number of allylic oxidation sites excluding steroid dienone is 1. The van der Waals surface area contributed by atoms with Gasteiger partial charge >= 0.3 is 6.18 Å². The third kappa shape index (κ3) is 4.23. The maximum Gasteiger partial charge on any atom is 0.393 e. The molecule has 3 heterocycles. The summed E-state index contributed by atoms with van der Waals surface area (Å²) in [6.45, 7) is 3.02. The number of aromatic nitrogens is 2. The highest BCUT2D eigenvalue weighted by molar-refractivity contribution is 7.18. The van der Waals surface area contributed by atoms with Crippen LogP contribution in [0.1, 0.15) is 38.3 Å². The van der Waals surface area contributed by atoms with Crippen LogP contribution in [0.25, 0.3) is 16.3 Å². The summed E-state index contributed by atoms with van der Waals surface area (Å²) in [6, 6.07) is 7.27. The quantitative estimate of drug-likeness (QED) is 0.588. The number of thiophene rings is 1. The van der Waals surface area contributed by atoms with Crippen molar-refractivity contribution in [2.45, 2.75) is 38.4 Å². The van der Waals surface area contributed by atoms with Crippen LogP contribution in [0.15, 0.2) is 30.1 Å². The molecular weight excluding hydrogens is 463 g/mol. The smallest absolute Gasteiger partial charge is 0.354 e. The molecule has 1 fully saturated rings. The predicted octanol–water partition coefficient (Wildman–Crippen LogP) is 4.58. The Hall–Kier alpha value is -3.45. The van der Waals surface area contributed by atoms with Crippen molar-refractivity contribution in [3.05, 3.63) is 57.2 Å². The topological polar surface area (TPSA) is 81.9 Å². The van der Waals surface area contributed by atoms with Crippen molar-refractivity contribution >= 4 is 39.4 Å². The van der Waals surface area contributed by atoms with Crippen molar-refractivity contribution in [2.75, 3.05) is 18.0 Å². The Morgan fingerprint density at radius 2 is 2.18 bits per heavy atom.